The van der Waals surface area contributed by atoms with E-state index in [2.05, 4.69) is 12.1 Å². The number of amides is 1. The van der Waals surface area contributed by atoms with E-state index in [4.69, 9.17) is 5.73 Å². The van der Waals surface area contributed by atoms with Crippen LogP contribution in [0.15, 0.2) is 24.3 Å². The van der Waals surface area contributed by atoms with E-state index < -0.39 is 0 Å². The first kappa shape index (κ1) is 13.6. The number of para-hydroxylation sites is 1. The van der Waals surface area contributed by atoms with E-state index in [0.717, 1.165) is 12.1 Å². The fourth-order valence-corrected chi connectivity index (χ4v) is 3.62. The second-order valence-corrected chi connectivity index (χ2v) is 6.20. The summed E-state index contributed by atoms with van der Waals surface area (Å²) in [5.74, 6) is 0.820. The quantitative estimate of drug-likeness (QED) is 0.919. The molecule has 3 rings (SSSR count). The molecule has 2 aliphatic rings. The Balaban J connectivity index is 1.74. The van der Waals surface area contributed by atoms with Gasteiger partial charge in [-0.05, 0) is 36.8 Å². The summed E-state index contributed by atoms with van der Waals surface area (Å²) in [5.41, 5.74) is 8.76. The summed E-state index contributed by atoms with van der Waals surface area (Å²) in [4.78, 5) is 14.2. The number of fused-ring (bicyclic) bond motifs is 1. The van der Waals surface area contributed by atoms with Gasteiger partial charge in [0.15, 0.2) is 0 Å². The average Bonchev–Trinajstić information content (AvgIpc) is 2.51. The molecule has 0 spiro atoms. The zero-order valence-corrected chi connectivity index (χ0v) is 12.1. The molecule has 1 saturated carbocycles. The Kier molecular flexibility index (Phi) is 4.06. The molecule has 0 bridgehead atoms. The van der Waals surface area contributed by atoms with Gasteiger partial charge in [-0.15, -0.1) is 0 Å². The summed E-state index contributed by atoms with van der Waals surface area (Å²) in [6.45, 7) is 0.681. The smallest absolute Gasteiger partial charge is 0.227 e. The van der Waals surface area contributed by atoms with Crippen molar-refractivity contribution >= 4 is 11.6 Å². The highest BCUT2D eigenvalue weighted by Crippen LogP contribution is 2.30. The van der Waals surface area contributed by atoms with Crippen LogP contribution in [0.2, 0.25) is 0 Å². The zero-order valence-electron chi connectivity index (χ0n) is 12.1. The van der Waals surface area contributed by atoms with Crippen molar-refractivity contribution in [1.29, 1.82) is 0 Å². The highest BCUT2D eigenvalue weighted by atomic mass is 16.2. The molecule has 1 fully saturated rings. The summed E-state index contributed by atoms with van der Waals surface area (Å²) in [6, 6.07) is 8.36. The minimum Gasteiger partial charge on any atom is -0.326 e. The maximum absolute atomic E-state index is 12.2. The monoisotopic (exact) mass is 272 g/mol. The van der Waals surface area contributed by atoms with Crippen molar-refractivity contribution in [3.8, 4) is 0 Å². The van der Waals surface area contributed by atoms with Crippen molar-refractivity contribution in [1.82, 2.24) is 0 Å². The molecule has 2 N–H and O–H groups in total. The molecule has 3 heteroatoms. The molecule has 3 nitrogen and oxygen atoms in total. The summed E-state index contributed by atoms with van der Waals surface area (Å²) < 4.78 is 0. The van der Waals surface area contributed by atoms with E-state index in [1.54, 1.807) is 0 Å². The Bertz CT molecular complexity index is 480. The Morgan fingerprint density at radius 2 is 1.90 bits per heavy atom. The normalized spacial score (nSPS) is 21.6. The predicted octanol–water partition coefficient (Wildman–Crippen LogP) is 2.87. The number of hydrogen-bond donors (Lipinski definition) is 1. The van der Waals surface area contributed by atoms with Gasteiger partial charge in [-0.3, -0.25) is 4.79 Å². The van der Waals surface area contributed by atoms with Crippen molar-refractivity contribution in [2.75, 3.05) is 11.4 Å². The van der Waals surface area contributed by atoms with Crippen LogP contribution in [0.3, 0.4) is 0 Å². The molecule has 1 aromatic rings. The number of hydrogen-bond acceptors (Lipinski definition) is 2. The van der Waals surface area contributed by atoms with Gasteiger partial charge in [0.25, 0.3) is 0 Å². The van der Waals surface area contributed by atoms with Gasteiger partial charge in [0, 0.05) is 24.7 Å². The maximum atomic E-state index is 12.2. The van der Waals surface area contributed by atoms with Gasteiger partial charge >= 0.3 is 0 Å². The molecule has 0 radical (unpaired) electrons. The number of nitrogens with zero attached hydrogens (tertiary/aromatic N) is 1. The molecule has 0 aromatic heterocycles. The lowest BCUT2D eigenvalue weighted by Crippen LogP contribution is -2.47. The lowest BCUT2D eigenvalue weighted by Gasteiger charge is -2.35. The number of rotatable bonds is 3. The number of anilines is 1. The molecule has 1 amide bonds. The molecular formula is C17H24N2O. The highest BCUT2D eigenvalue weighted by molar-refractivity contribution is 5.96. The first-order valence-corrected chi connectivity index (χ1v) is 7.89. The fourth-order valence-electron chi connectivity index (χ4n) is 3.62. The molecular weight excluding hydrogens is 248 g/mol. The van der Waals surface area contributed by atoms with Gasteiger partial charge in [-0.25, -0.2) is 0 Å². The van der Waals surface area contributed by atoms with Crippen LogP contribution in [0.25, 0.3) is 0 Å². The first-order valence-electron chi connectivity index (χ1n) is 7.89. The van der Waals surface area contributed by atoms with Gasteiger partial charge < -0.3 is 10.6 Å². The predicted molar refractivity (Wildman–Crippen MR) is 81.7 cm³/mol. The molecule has 108 valence electrons. The van der Waals surface area contributed by atoms with Crippen molar-refractivity contribution in [2.45, 2.75) is 51.0 Å². The number of nitrogens with two attached hydrogens (primary N) is 1. The number of aryl methyl sites for hydroxylation is 1. The van der Waals surface area contributed by atoms with Crippen LogP contribution in [-0.4, -0.2) is 18.5 Å². The third-order valence-corrected chi connectivity index (χ3v) is 4.84. The van der Waals surface area contributed by atoms with Crippen LogP contribution >= 0.6 is 0 Å². The maximum Gasteiger partial charge on any atom is 0.227 e. The van der Waals surface area contributed by atoms with Crippen molar-refractivity contribution in [3.05, 3.63) is 29.8 Å². The van der Waals surface area contributed by atoms with E-state index in [0.29, 0.717) is 18.9 Å². The van der Waals surface area contributed by atoms with Crippen LogP contribution < -0.4 is 10.6 Å². The lowest BCUT2D eigenvalue weighted by atomic mass is 9.84. The van der Waals surface area contributed by atoms with Gasteiger partial charge in [-0.2, -0.15) is 0 Å². The fraction of sp³-hybridized carbons (Fsp3) is 0.588. The summed E-state index contributed by atoms with van der Waals surface area (Å²) in [6.07, 6.45) is 7.87. The third kappa shape index (κ3) is 2.73. The highest BCUT2D eigenvalue weighted by Gasteiger charge is 2.28. The van der Waals surface area contributed by atoms with Crippen LogP contribution in [0, 0.1) is 5.92 Å². The zero-order chi connectivity index (χ0) is 13.9. The molecule has 1 unspecified atom stereocenters. The van der Waals surface area contributed by atoms with Gasteiger partial charge in [0.05, 0.1) is 0 Å². The molecule has 1 aliphatic carbocycles. The van der Waals surface area contributed by atoms with E-state index in [1.165, 1.54) is 37.7 Å². The lowest BCUT2D eigenvalue weighted by molar-refractivity contribution is -0.119. The molecule has 1 heterocycles. The molecule has 1 atom stereocenters. The number of carbonyl (C=O) groups is 1. The van der Waals surface area contributed by atoms with Crippen LogP contribution in [0.5, 0.6) is 0 Å². The van der Waals surface area contributed by atoms with Gasteiger partial charge in [0.1, 0.15) is 0 Å². The number of benzene rings is 1. The molecule has 20 heavy (non-hydrogen) atoms. The summed E-state index contributed by atoms with van der Waals surface area (Å²) in [5, 5.41) is 0. The average molecular weight is 272 g/mol. The van der Waals surface area contributed by atoms with Crippen molar-refractivity contribution in [3.63, 3.8) is 0 Å². The van der Waals surface area contributed by atoms with Crippen LogP contribution in [0.4, 0.5) is 5.69 Å². The van der Waals surface area contributed by atoms with E-state index in [-0.39, 0.29) is 11.9 Å². The second-order valence-electron chi connectivity index (χ2n) is 6.20. The van der Waals surface area contributed by atoms with Crippen molar-refractivity contribution < 1.29 is 4.79 Å². The standard InChI is InChI=1S/C17H24N2O/c18-15(13-6-2-1-3-7-13)12-19-16-9-5-4-8-14(16)10-11-17(19)20/h4-5,8-9,13,15H,1-3,6-7,10-12,18H2. The van der Waals surface area contributed by atoms with Crippen LogP contribution in [-0.2, 0) is 11.2 Å². The SMILES string of the molecule is NC(CN1C(=O)CCc2ccccc21)C1CCCCC1. The first-order chi connectivity index (χ1) is 9.75. The van der Waals surface area contributed by atoms with E-state index in [1.807, 2.05) is 17.0 Å². The number of carbonyl (C=O) groups excluding carboxylic acids is 1. The Hall–Kier alpha value is -1.35. The van der Waals surface area contributed by atoms with Crippen molar-refractivity contribution in [2.24, 2.45) is 11.7 Å². The van der Waals surface area contributed by atoms with E-state index in [9.17, 15) is 4.79 Å². The molecule has 1 aliphatic heterocycles. The third-order valence-electron chi connectivity index (χ3n) is 4.84. The minimum atomic E-state index is 0.116. The molecule has 1 aromatic carbocycles. The Morgan fingerprint density at radius 3 is 2.70 bits per heavy atom. The summed E-state index contributed by atoms with van der Waals surface area (Å²) >= 11 is 0. The largest absolute Gasteiger partial charge is 0.326 e. The summed E-state index contributed by atoms with van der Waals surface area (Å²) in [7, 11) is 0. The van der Waals surface area contributed by atoms with Crippen LogP contribution in [0.1, 0.15) is 44.1 Å². The Labute approximate surface area is 121 Å². The van der Waals surface area contributed by atoms with E-state index >= 15 is 0 Å². The molecule has 0 saturated heterocycles. The second kappa shape index (κ2) is 5.96. The Morgan fingerprint density at radius 1 is 1.15 bits per heavy atom. The topological polar surface area (TPSA) is 46.3 Å². The van der Waals surface area contributed by atoms with Gasteiger partial charge in [-0.1, -0.05) is 37.5 Å². The van der Waals surface area contributed by atoms with Gasteiger partial charge in [0.2, 0.25) is 5.91 Å². The minimum absolute atomic E-state index is 0.116.